The quantitative estimate of drug-likeness (QED) is 0.464. The van der Waals surface area contributed by atoms with E-state index in [-0.39, 0.29) is 23.9 Å². The number of anilines is 1. The van der Waals surface area contributed by atoms with E-state index in [0.717, 1.165) is 11.3 Å². The van der Waals surface area contributed by atoms with Crippen LogP contribution in [0.25, 0.3) is 28.0 Å². The number of halogens is 2. The Bertz CT molecular complexity index is 1450. The molecular formula is C23H17F2N7. The summed E-state index contributed by atoms with van der Waals surface area (Å²) in [7, 11) is 0. The zero-order valence-corrected chi connectivity index (χ0v) is 17.0. The second-order valence-electron chi connectivity index (χ2n) is 7.26. The van der Waals surface area contributed by atoms with E-state index in [9.17, 15) is 8.78 Å². The molecule has 0 saturated heterocycles. The molecule has 1 aromatic carbocycles. The van der Waals surface area contributed by atoms with Gasteiger partial charge in [0.2, 0.25) is 5.95 Å². The van der Waals surface area contributed by atoms with E-state index in [4.69, 9.17) is 5.73 Å². The van der Waals surface area contributed by atoms with Gasteiger partial charge in [0.15, 0.2) is 11.5 Å². The van der Waals surface area contributed by atoms with Gasteiger partial charge in [-0.3, -0.25) is 9.97 Å². The summed E-state index contributed by atoms with van der Waals surface area (Å²) in [6.07, 6.45) is 3.29. The highest BCUT2D eigenvalue weighted by Crippen LogP contribution is 2.35. The number of hydrogen-bond donors (Lipinski definition) is 1. The molecule has 0 amide bonds. The standard InChI is InChI=1S/C23H17F2N7/c1-13-11-15(8-10-27-13)20-21(14-4-6-16(24)7-5-14)30-23(26)32-22(20)29-19(31-32)12-18-17(25)3-2-9-28-18/h2-11H,12H2,1H3,(H2,26,30). The zero-order chi connectivity index (χ0) is 22.2. The largest absolute Gasteiger partial charge is 0.368 e. The number of rotatable bonds is 4. The van der Waals surface area contributed by atoms with Crippen LogP contribution in [0, 0.1) is 18.6 Å². The molecule has 4 heterocycles. The lowest BCUT2D eigenvalue weighted by atomic mass is 10.0. The van der Waals surface area contributed by atoms with Crippen LogP contribution < -0.4 is 5.73 Å². The first-order valence-electron chi connectivity index (χ1n) is 9.83. The highest BCUT2D eigenvalue weighted by atomic mass is 19.1. The van der Waals surface area contributed by atoms with Crippen molar-refractivity contribution in [2.75, 3.05) is 5.73 Å². The third kappa shape index (κ3) is 3.53. The lowest BCUT2D eigenvalue weighted by Gasteiger charge is -2.12. The van der Waals surface area contributed by atoms with Crippen LogP contribution >= 0.6 is 0 Å². The molecule has 0 aliphatic carbocycles. The minimum Gasteiger partial charge on any atom is -0.368 e. The van der Waals surface area contributed by atoms with Crippen molar-refractivity contribution >= 4 is 11.6 Å². The molecular weight excluding hydrogens is 412 g/mol. The number of aromatic nitrogens is 6. The molecule has 0 saturated carbocycles. The highest BCUT2D eigenvalue weighted by molar-refractivity contribution is 5.90. The topological polar surface area (TPSA) is 94.9 Å². The van der Waals surface area contributed by atoms with E-state index in [2.05, 4.69) is 25.0 Å². The Morgan fingerprint density at radius 1 is 0.938 bits per heavy atom. The van der Waals surface area contributed by atoms with Crippen molar-refractivity contribution in [1.29, 1.82) is 0 Å². The molecule has 0 radical (unpaired) electrons. The molecule has 0 bridgehead atoms. The van der Waals surface area contributed by atoms with Crippen molar-refractivity contribution in [2.24, 2.45) is 0 Å². The van der Waals surface area contributed by atoms with E-state index in [0.29, 0.717) is 28.3 Å². The molecule has 5 rings (SSSR count). The number of nitrogens with zero attached hydrogens (tertiary/aromatic N) is 6. The van der Waals surface area contributed by atoms with E-state index in [1.807, 2.05) is 19.1 Å². The van der Waals surface area contributed by atoms with Crippen LogP contribution in [-0.4, -0.2) is 29.5 Å². The molecule has 0 aliphatic heterocycles. The summed E-state index contributed by atoms with van der Waals surface area (Å²) in [6, 6.07) is 12.6. The van der Waals surface area contributed by atoms with Crippen LogP contribution in [0.4, 0.5) is 14.7 Å². The smallest absolute Gasteiger partial charge is 0.223 e. The van der Waals surface area contributed by atoms with Gasteiger partial charge >= 0.3 is 0 Å². The van der Waals surface area contributed by atoms with Crippen molar-refractivity contribution in [3.63, 3.8) is 0 Å². The fourth-order valence-electron chi connectivity index (χ4n) is 3.56. The Hall–Kier alpha value is -4.27. The number of hydrogen-bond acceptors (Lipinski definition) is 6. The summed E-state index contributed by atoms with van der Waals surface area (Å²) in [6.45, 7) is 1.88. The number of aryl methyl sites for hydroxylation is 1. The molecule has 0 atom stereocenters. The van der Waals surface area contributed by atoms with Crippen molar-refractivity contribution in [3.05, 3.63) is 89.8 Å². The molecule has 9 heteroatoms. The predicted molar refractivity (Wildman–Crippen MR) is 116 cm³/mol. The normalized spacial score (nSPS) is 11.2. The SMILES string of the molecule is Cc1cc(-c2c(-c3ccc(F)cc3)nc(N)n3nc(Cc4ncccc4F)nc23)ccn1. The van der Waals surface area contributed by atoms with Crippen LogP contribution in [0.5, 0.6) is 0 Å². The molecule has 4 aromatic heterocycles. The van der Waals surface area contributed by atoms with Crippen molar-refractivity contribution in [3.8, 4) is 22.4 Å². The molecule has 5 aromatic rings. The molecule has 0 unspecified atom stereocenters. The van der Waals surface area contributed by atoms with Gasteiger partial charge in [-0.15, -0.1) is 5.10 Å². The lowest BCUT2D eigenvalue weighted by molar-refractivity contribution is 0.601. The molecule has 32 heavy (non-hydrogen) atoms. The maximum atomic E-state index is 14.1. The van der Waals surface area contributed by atoms with E-state index < -0.39 is 5.82 Å². The molecule has 158 valence electrons. The first-order valence-corrected chi connectivity index (χ1v) is 9.83. The van der Waals surface area contributed by atoms with Crippen LogP contribution in [-0.2, 0) is 6.42 Å². The second kappa shape index (κ2) is 7.77. The molecule has 0 fully saturated rings. The fourth-order valence-corrected chi connectivity index (χ4v) is 3.56. The summed E-state index contributed by atoms with van der Waals surface area (Å²) in [4.78, 5) is 17.5. The first kappa shape index (κ1) is 19.7. The summed E-state index contributed by atoms with van der Waals surface area (Å²) in [5.41, 5.74) is 10.4. The Labute approximate surface area is 181 Å². The maximum absolute atomic E-state index is 14.1. The molecule has 2 N–H and O–H groups in total. The Kier molecular flexibility index (Phi) is 4.78. The van der Waals surface area contributed by atoms with Gasteiger partial charge in [0, 0.05) is 23.7 Å². The first-order chi connectivity index (χ1) is 15.5. The van der Waals surface area contributed by atoms with E-state index >= 15 is 0 Å². The minimum absolute atomic E-state index is 0.0918. The van der Waals surface area contributed by atoms with Crippen molar-refractivity contribution in [1.82, 2.24) is 29.5 Å². The van der Waals surface area contributed by atoms with E-state index in [1.165, 1.54) is 35.0 Å². The van der Waals surface area contributed by atoms with Crippen LogP contribution in [0.15, 0.2) is 60.9 Å². The Morgan fingerprint density at radius 2 is 1.75 bits per heavy atom. The van der Waals surface area contributed by atoms with Gasteiger partial charge < -0.3 is 5.73 Å². The second-order valence-corrected chi connectivity index (χ2v) is 7.26. The summed E-state index contributed by atoms with van der Waals surface area (Å²) in [5.74, 6) is -0.339. The number of benzene rings is 1. The van der Waals surface area contributed by atoms with Crippen LogP contribution in [0.3, 0.4) is 0 Å². The van der Waals surface area contributed by atoms with Gasteiger partial charge in [-0.25, -0.2) is 18.7 Å². The Morgan fingerprint density at radius 3 is 2.50 bits per heavy atom. The van der Waals surface area contributed by atoms with Gasteiger partial charge in [0.1, 0.15) is 11.6 Å². The number of pyridine rings is 2. The molecule has 0 aliphatic rings. The van der Waals surface area contributed by atoms with Crippen LogP contribution in [0.1, 0.15) is 17.2 Å². The number of nitrogen functional groups attached to an aromatic ring is 1. The van der Waals surface area contributed by atoms with Crippen LogP contribution in [0.2, 0.25) is 0 Å². The summed E-state index contributed by atoms with van der Waals surface area (Å²) >= 11 is 0. The number of nitrogens with two attached hydrogens (primary N) is 1. The fraction of sp³-hybridized carbons (Fsp3) is 0.0870. The maximum Gasteiger partial charge on any atom is 0.223 e. The van der Waals surface area contributed by atoms with Crippen molar-refractivity contribution < 1.29 is 8.78 Å². The van der Waals surface area contributed by atoms with Gasteiger partial charge in [-0.2, -0.15) is 4.52 Å². The Balaban J connectivity index is 1.76. The lowest BCUT2D eigenvalue weighted by Crippen LogP contribution is -2.06. The third-order valence-electron chi connectivity index (χ3n) is 5.02. The average molecular weight is 429 g/mol. The molecule has 0 spiro atoms. The minimum atomic E-state index is -0.436. The van der Waals surface area contributed by atoms with Crippen molar-refractivity contribution in [2.45, 2.75) is 13.3 Å². The summed E-state index contributed by atoms with van der Waals surface area (Å²) in [5, 5.41) is 4.44. The van der Waals surface area contributed by atoms with E-state index in [1.54, 1.807) is 18.3 Å². The van der Waals surface area contributed by atoms with Gasteiger partial charge in [-0.05, 0) is 61.0 Å². The third-order valence-corrected chi connectivity index (χ3v) is 5.02. The predicted octanol–water partition coefficient (Wildman–Crippen LogP) is 4.01. The number of fused-ring (bicyclic) bond motifs is 1. The molecule has 7 nitrogen and oxygen atoms in total. The highest BCUT2D eigenvalue weighted by Gasteiger charge is 2.21. The monoisotopic (exact) mass is 429 g/mol. The average Bonchev–Trinajstić information content (AvgIpc) is 3.20. The van der Waals surface area contributed by atoms with Gasteiger partial charge in [-0.1, -0.05) is 0 Å². The zero-order valence-electron chi connectivity index (χ0n) is 17.0. The van der Waals surface area contributed by atoms with Gasteiger partial charge in [0.25, 0.3) is 0 Å². The van der Waals surface area contributed by atoms with Gasteiger partial charge in [0.05, 0.1) is 23.4 Å². The summed E-state index contributed by atoms with van der Waals surface area (Å²) < 4.78 is 29.1.